The standard InChI is InChI=1S/C16H18FN5O.ClH/c17-10-1-5-14(6-2-10)22-18-9-15(21-22)16(23)20-13-7-11-3-4-12(8-13)19-11;/h1-2,5-6,9,11-13,19H,3-4,7-8H2,(H,20,23);1H. The van der Waals surface area contributed by atoms with Gasteiger partial charge in [0.1, 0.15) is 5.82 Å². The summed E-state index contributed by atoms with van der Waals surface area (Å²) in [4.78, 5) is 13.7. The van der Waals surface area contributed by atoms with Gasteiger partial charge in [-0.25, -0.2) is 4.39 Å². The summed E-state index contributed by atoms with van der Waals surface area (Å²) in [5.74, 6) is -0.524. The lowest BCUT2D eigenvalue weighted by molar-refractivity contribution is 0.0918. The Morgan fingerprint density at radius 3 is 2.54 bits per heavy atom. The van der Waals surface area contributed by atoms with Crippen LogP contribution in [0.2, 0.25) is 0 Å². The molecule has 2 fully saturated rings. The van der Waals surface area contributed by atoms with Gasteiger partial charge in [-0.05, 0) is 49.9 Å². The van der Waals surface area contributed by atoms with Crippen LogP contribution in [-0.2, 0) is 0 Å². The van der Waals surface area contributed by atoms with Crippen molar-refractivity contribution in [1.82, 2.24) is 25.6 Å². The minimum atomic E-state index is -0.320. The number of carbonyl (C=O) groups excluding carboxylic acids is 1. The maximum Gasteiger partial charge on any atom is 0.273 e. The average molecular weight is 352 g/mol. The fraction of sp³-hybridized carbons (Fsp3) is 0.438. The van der Waals surface area contributed by atoms with E-state index in [-0.39, 0.29) is 35.9 Å². The summed E-state index contributed by atoms with van der Waals surface area (Å²) >= 11 is 0. The lowest BCUT2D eigenvalue weighted by atomic mass is 10.00. The first kappa shape index (κ1) is 16.9. The lowest BCUT2D eigenvalue weighted by Crippen LogP contribution is -2.48. The first-order valence-corrected chi connectivity index (χ1v) is 7.92. The third kappa shape index (κ3) is 3.42. The van der Waals surface area contributed by atoms with E-state index in [9.17, 15) is 9.18 Å². The number of benzene rings is 1. The van der Waals surface area contributed by atoms with E-state index < -0.39 is 0 Å². The van der Waals surface area contributed by atoms with Crippen molar-refractivity contribution >= 4 is 18.3 Å². The van der Waals surface area contributed by atoms with Gasteiger partial charge in [0.2, 0.25) is 0 Å². The smallest absolute Gasteiger partial charge is 0.273 e. The summed E-state index contributed by atoms with van der Waals surface area (Å²) in [6.07, 6.45) is 5.76. The highest BCUT2D eigenvalue weighted by Crippen LogP contribution is 2.26. The summed E-state index contributed by atoms with van der Waals surface area (Å²) in [5.41, 5.74) is 0.894. The van der Waals surface area contributed by atoms with Gasteiger partial charge < -0.3 is 10.6 Å². The molecule has 0 saturated carbocycles. The summed E-state index contributed by atoms with van der Waals surface area (Å²) in [5, 5.41) is 14.9. The molecule has 2 atom stereocenters. The fourth-order valence-electron chi connectivity index (χ4n) is 3.50. The molecule has 2 saturated heterocycles. The summed E-state index contributed by atoms with van der Waals surface area (Å²) < 4.78 is 12.9. The molecular weight excluding hydrogens is 333 g/mol. The molecule has 2 N–H and O–H groups in total. The Morgan fingerprint density at radius 1 is 1.21 bits per heavy atom. The molecule has 128 valence electrons. The van der Waals surface area contributed by atoms with E-state index in [4.69, 9.17) is 0 Å². The Hall–Kier alpha value is -1.99. The number of fused-ring (bicyclic) bond motifs is 2. The number of nitrogens with zero attached hydrogens (tertiary/aromatic N) is 3. The number of hydrogen-bond donors (Lipinski definition) is 2. The van der Waals surface area contributed by atoms with Crippen LogP contribution >= 0.6 is 12.4 Å². The van der Waals surface area contributed by atoms with Crippen LogP contribution in [0.4, 0.5) is 4.39 Å². The van der Waals surface area contributed by atoms with Crippen molar-refractivity contribution in [3.63, 3.8) is 0 Å². The summed E-state index contributed by atoms with van der Waals surface area (Å²) in [6, 6.07) is 7.05. The topological polar surface area (TPSA) is 71.8 Å². The van der Waals surface area contributed by atoms with Crippen LogP contribution in [0.3, 0.4) is 0 Å². The number of amides is 1. The van der Waals surface area contributed by atoms with E-state index in [2.05, 4.69) is 20.8 Å². The Kier molecular flexibility index (Phi) is 4.82. The molecule has 1 amide bonds. The van der Waals surface area contributed by atoms with Crippen LogP contribution in [0.25, 0.3) is 5.69 Å². The minimum absolute atomic E-state index is 0. The number of hydrogen-bond acceptors (Lipinski definition) is 4. The predicted molar refractivity (Wildman–Crippen MR) is 89.0 cm³/mol. The van der Waals surface area contributed by atoms with E-state index in [1.54, 1.807) is 12.1 Å². The zero-order valence-corrected chi connectivity index (χ0v) is 13.8. The van der Waals surface area contributed by atoms with E-state index in [1.165, 1.54) is 36.0 Å². The molecule has 4 rings (SSSR count). The fourth-order valence-corrected chi connectivity index (χ4v) is 3.50. The summed E-state index contributed by atoms with van der Waals surface area (Å²) in [7, 11) is 0. The SMILES string of the molecule is Cl.O=C(NC1CC2CCC(C1)N2)c1cnn(-c2ccc(F)cc2)n1. The van der Waals surface area contributed by atoms with Crippen molar-refractivity contribution in [3.8, 4) is 5.69 Å². The van der Waals surface area contributed by atoms with E-state index in [0.717, 1.165) is 12.8 Å². The lowest BCUT2D eigenvalue weighted by Gasteiger charge is -2.29. The Labute approximate surface area is 145 Å². The van der Waals surface area contributed by atoms with E-state index in [0.29, 0.717) is 17.8 Å². The highest BCUT2D eigenvalue weighted by atomic mass is 35.5. The normalized spacial score (nSPS) is 25.1. The highest BCUT2D eigenvalue weighted by molar-refractivity contribution is 5.92. The maximum atomic E-state index is 12.9. The minimum Gasteiger partial charge on any atom is -0.348 e. The molecule has 0 radical (unpaired) electrons. The Morgan fingerprint density at radius 2 is 1.88 bits per heavy atom. The van der Waals surface area contributed by atoms with Gasteiger partial charge in [0.05, 0.1) is 11.9 Å². The molecule has 1 aromatic carbocycles. The second kappa shape index (κ2) is 6.86. The van der Waals surface area contributed by atoms with Gasteiger partial charge in [-0.1, -0.05) is 0 Å². The molecule has 6 nitrogen and oxygen atoms in total. The monoisotopic (exact) mass is 351 g/mol. The molecule has 2 bridgehead atoms. The first-order valence-electron chi connectivity index (χ1n) is 7.92. The number of nitrogens with one attached hydrogen (secondary N) is 2. The Balaban J connectivity index is 0.00000169. The van der Waals surface area contributed by atoms with Crippen molar-refractivity contribution < 1.29 is 9.18 Å². The highest BCUT2D eigenvalue weighted by Gasteiger charge is 2.34. The maximum absolute atomic E-state index is 12.9. The number of aromatic nitrogens is 3. The number of piperidine rings is 1. The van der Waals surface area contributed by atoms with Crippen LogP contribution in [0, 0.1) is 5.82 Å². The molecule has 2 aliphatic rings. The molecule has 0 aliphatic carbocycles. The molecule has 1 aromatic heterocycles. The zero-order valence-electron chi connectivity index (χ0n) is 13.0. The third-order valence-corrected chi connectivity index (χ3v) is 4.59. The molecule has 8 heteroatoms. The molecule has 2 unspecified atom stereocenters. The number of carbonyl (C=O) groups is 1. The second-order valence-electron chi connectivity index (χ2n) is 6.28. The van der Waals surface area contributed by atoms with Crippen molar-refractivity contribution in [1.29, 1.82) is 0 Å². The van der Waals surface area contributed by atoms with Crippen LogP contribution in [-0.4, -0.2) is 39.0 Å². The largest absolute Gasteiger partial charge is 0.348 e. The van der Waals surface area contributed by atoms with Crippen LogP contribution in [0.5, 0.6) is 0 Å². The van der Waals surface area contributed by atoms with Crippen molar-refractivity contribution in [2.45, 2.75) is 43.8 Å². The van der Waals surface area contributed by atoms with Gasteiger partial charge in [0, 0.05) is 18.1 Å². The molecule has 0 spiro atoms. The number of rotatable bonds is 3. The van der Waals surface area contributed by atoms with Crippen LogP contribution < -0.4 is 10.6 Å². The average Bonchev–Trinajstić information content (AvgIpc) is 3.15. The Bertz CT molecular complexity index is 708. The number of halogens is 2. The summed E-state index contributed by atoms with van der Waals surface area (Å²) in [6.45, 7) is 0. The molecular formula is C16H19ClFN5O. The van der Waals surface area contributed by atoms with Crippen molar-refractivity contribution in [2.75, 3.05) is 0 Å². The van der Waals surface area contributed by atoms with Gasteiger partial charge in [-0.15, -0.1) is 17.5 Å². The van der Waals surface area contributed by atoms with E-state index in [1.807, 2.05) is 0 Å². The van der Waals surface area contributed by atoms with Crippen molar-refractivity contribution in [3.05, 3.63) is 42.0 Å². The van der Waals surface area contributed by atoms with Gasteiger partial charge in [-0.2, -0.15) is 9.90 Å². The molecule has 24 heavy (non-hydrogen) atoms. The van der Waals surface area contributed by atoms with E-state index >= 15 is 0 Å². The third-order valence-electron chi connectivity index (χ3n) is 4.59. The van der Waals surface area contributed by atoms with Gasteiger partial charge in [-0.3, -0.25) is 4.79 Å². The quantitative estimate of drug-likeness (QED) is 0.885. The van der Waals surface area contributed by atoms with Gasteiger partial charge in [0.25, 0.3) is 5.91 Å². The molecule has 2 aliphatic heterocycles. The van der Waals surface area contributed by atoms with Crippen molar-refractivity contribution in [2.24, 2.45) is 0 Å². The predicted octanol–water partition coefficient (Wildman–Crippen LogP) is 1.84. The van der Waals surface area contributed by atoms with Gasteiger partial charge in [0.15, 0.2) is 5.69 Å². The molecule has 2 aromatic rings. The van der Waals surface area contributed by atoms with Gasteiger partial charge >= 0.3 is 0 Å². The van der Waals surface area contributed by atoms with Crippen LogP contribution in [0.1, 0.15) is 36.2 Å². The van der Waals surface area contributed by atoms with Crippen LogP contribution in [0.15, 0.2) is 30.5 Å². The zero-order chi connectivity index (χ0) is 15.8. The second-order valence-corrected chi connectivity index (χ2v) is 6.28. The first-order chi connectivity index (χ1) is 11.2. The molecule has 3 heterocycles.